The average molecular weight is 243 g/mol. The van der Waals surface area contributed by atoms with Gasteiger partial charge in [0.05, 0.1) is 19.0 Å². The first-order valence-electron chi connectivity index (χ1n) is 5.44. The number of hydrogen-bond acceptors (Lipinski definition) is 4. The van der Waals surface area contributed by atoms with Crippen molar-refractivity contribution in [1.82, 2.24) is 10.6 Å². The third-order valence-corrected chi connectivity index (χ3v) is 3.88. The zero-order valence-electron chi connectivity index (χ0n) is 9.20. The van der Waals surface area contributed by atoms with Crippen LogP contribution in [0.4, 0.5) is 0 Å². The Labute approximate surface area is 98.0 Å². The molecule has 0 radical (unpaired) electrons. The second-order valence-corrected chi connectivity index (χ2v) is 5.46. The van der Waals surface area contributed by atoms with E-state index >= 15 is 0 Å². The van der Waals surface area contributed by atoms with E-state index < -0.39 is 10.8 Å². The van der Waals surface area contributed by atoms with Crippen LogP contribution in [0.25, 0.3) is 0 Å². The lowest BCUT2D eigenvalue weighted by Gasteiger charge is -2.22. The van der Waals surface area contributed by atoms with Crippen LogP contribution in [0, 0.1) is 11.3 Å². The van der Waals surface area contributed by atoms with Gasteiger partial charge in [-0.05, 0) is 12.8 Å². The Morgan fingerprint density at radius 3 is 2.75 bits per heavy atom. The fourth-order valence-electron chi connectivity index (χ4n) is 1.56. The van der Waals surface area contributed by atoms with E-state index in [0.717, 1.165) is 24.3 Å². The van der Waals surface area contributed by atoms with Gasteiger partial charge >= 0.3 is 0 Å². The molecule has 1 heterocycles. The van der Waals surface area contributed by atoms with Gasteiger partial charge in [-0.3, -0.25) is 9.00 Å². The molecule has 0 spiro atoms. The van der Waals surface area contributed by atoms with E-state index in [0.29, 0.717) is 19.0 Å². The van der Waals surface area contributed by atoms with Crippen molar-refractivity contribution in [1.29, 1.82) is 5.26 Å². The molecule has 0 unspecified atom stereocenters. The predicted octanol–water partition coefficient (Wildman–Crippen LogP) is -0.483. The number of nitrogens with one attached hydrogen (secondary N) is 2. The lowest BCUT2D eigenvalue weighted by Crippen LogP contribution is -2.42. The Hall–Kier alpha value is -0.930. The number of hydrogen-bond donors (Lipinski definition) is 2. The second kappa shape index (κ2) is 7.36. The molecule has 0 aliphatic carbocycles. The summed E-state index contributed by atoms with van der Waals surface area (Å²) in [7, 11) is -0.658. The van der Waals surface area contributed by atoms with Crippen LogP contribution >= 0.6 is 0 Å². The minimum Gasteiger partial charge on any atom is -0.354 e. The van der Waals surface area contributed by atoms with E-state index in [2.05, 4.69) is 10.6 Å². The third-order valence-electron chi connectivity index (χ3n) is 2.50. The molecular formula is C10H17N3O2S. The van der Waals surface area contributed by atoms with E-state index in [4.69, 9.17) is 5.26 Å². The molecule has 0 aromatic rings. The maximum atomic E-state index is 11.3. The van der Waals surface area contributed by atoms with Crippen molar-refractivity contribution in [3.05, 3.63) is 0 Å². The topological polar surface area (TPSA) is 82.0 Å². The largest absolute Gasteiger partial charge is 0.354 e. The molecule has 0 saturated carbocycles. The van der Waals surface area contributed by atoms with E-state index in [-0.39, 0.29) is 12.5 Å². The summed E-state index contributed by atoms with van der Waals surface area (Å²) in [4.78, 5) is 11.3. The van der Waals surface area contributed by atoms with Gasteiger partial charge < -0.3 is 10.6 Å². The molecule has 1 fully saturated rings. The quantitative estimate of drug-likeness (QED) is 0.639. The first kappa shape index (κ1) is 13.1. The van der Waals surface area contributed by atoms with Crippen LogP contribution in [0.3, 0.4) is 0 Å². The van der Waals surface area contributed by atoms with Crippen molar-refractivity contribution < 1.29 is 9.00 Å². The summed E-state index contributed by atoms with van der Waals surface area (Å²) in [5.41, 5.74) is 0. The van der Waals surface area contributed by atoms with E-state index in [1.54, 1.807) is 0 Å². The molecular weight excluding hydrogens is 226 g/mol. The first-order valence-corrected chi connectivity index (χ1v) is 6.93. The minimum atomic E-state index is -0.658. The zero-order chi connectivity index (χ0) is 11.8. The van der Waals surface area contributed by atoms with Crippen molar-refractivity contribution in [3.8, 4) is 6.07 Å². The molecule has 0 atom stereocenters. The van der Waals surface area contributed by atoms with Crippen molar-refractivity contribution >= 4 is 16.7 Å². The van der Waals surface area contributed by atoms with E-state index in [1.807, 2.05) is 6.07 Å². The van der Waals surface area contributed by atoms with Gasteiger partial charge in [-0.2, -0.15) is 5.26 Å². The normalized spacial score (nSPS) is 24.7. The highest BCUT2D eigenvalue weighted by molar-refractivity contribution is 7.85. The van der Waals surface area contributed by atoms with E-state index in [9.17, 15) is 9.00 Å². The van der Waals surface area contributed by atoms with Gasteiger partial charge in [0, 0.05) is 34.9 Å². The summed E-state index contributed by atoms with van der Waals surface area (Å²) in [5.74, 6) is 1.38. The Morgan fingerprint density at radius 2 is 2.12 bits per heavy atom. The molecule has 0 bridgehead atoms. The summed E-state index contributed by atoms with van der Waals surface area (Å²) in [6.45, 7) is 0.689. The summed E-state index contributed by atoms with van der Waals surface area (Å²) in [6, 6.07) is 2.27. The van der Waals surface area contributed by atoms with Gasteiger partial charge in [0.1, 0.15) is 0 Å². The van der Waals surface area contributed by atoms with Crippen LogP contribution in [0.5, 0.6) is 0 Å². The van der Waals surface area contributed by atoms with Crippen LogP contribution in [0.15, 0.2) is 0 Å². The molecule has 0 aromatic heterocycles. The number of nitrogens with zero attached hydrogens (tertiary/aromatic N) is 1. The summed E-state index contributed by atoms with van der Waals surface area (Å²) < 4.78 is 11.1. The number of amides is 1. The maximum Gasteiger partial charge on any atom is 0.233 e. The van der Waals surface area contributed by atoms with Crippen LogP contribution in [0.1, 0.15) is 19.3 Å². The highest BCUT2D eigenvalue weighted by Crippen LogP contribution is 2.08. The summed E-state index contributed by atoms with van der Waals surface area (Å²) >= 11 is 0. The summed E-state index contributed by atoms with van der Waals surface area (Å²) in [5, 5.41) is 14.1. The molecule has 1 amide bonds. The average Bonchev–Trinajstić information content (AvgIpc) is 2.29. The molecule has 5 nitrogen and oxygen atoms in total. The van der Waals surface area contributed by atoms with Gasteiger partial charge in [0.25, 0.3) is 0 Å². The predicted molar refractivity (Wildman–Crippen MR) is 62.1 cm³/mol. The molecule has 2 N–H and O–H groups in total. The Balaban J connectivity index is 2.08. The third kappa shape index (κ3) is 5.24. The number of rotatable bonds is 5. The molecule has 1 aliphatic rings. The zero-order valence-corrected chi connectivity index (χ0v) is 10.0. The lowest BCUT2D eigenvalue weighted by molar-refractivity contribution is -0.120. The highest BCUT2D eigenvalue weighted by Gasteiger charge is 2.17. The fraction of sp³-hybridized carbons (Fsp3) is 0.800. The monoisotopic (exact) mass is 243 g/mol. The van der Waals surface area contributed by atoms with Crippen molar-refractivity contribution in [3.63, 3.8) is 0 Å². The molecule has 1 rings (SSSR count). The second-order valence-electron chi connectivity index (χ2n) is 3.76. The van der Waals surface area contributed by atoms with Crippen LogP contribution in [-0.2, 0) is 15.6 Å². The number of carbonyl (C=O) groups is 1. The van der Waals surface area contributed by atoms with Gasteiger partial charge in [0.2, 0.25) is 5.91 Å². The molecule has 0 aromatic carbocycles. The molecule has 6 heteroatoms. The Kier molecular flexibility index (Phi) is 6.04. The molecule has 90 valence electrons. The highest BCUT2D eigenvalue weighted by atomic mass is 32.2. The van der Waals surface area contributed by atoms with Gasteiger partial charge in [0.15, 0.2) is 0 Å². The van der Waals surface area contributed by atoms with Gasteiger partial charge in [-0.25, -0.2) is 0 Å². The molecule has 16 heavy (non-hydrogen) atoms. The van der Waals surface area contributed by atoms with E-state index in [1.165, 1.54) is 0 Å². The van der Waals surface area contributed by atoms with Crippen molar-refractivity contribution in [2.45, 2.75) is 25.3 Å². The van der Waals surface area contributed by atoms with Crippen LogP contribution < -0.4 is 10.6 Å². The number of carbonyl (C=O) groups excluding carboxylic acids is 1. The number of nitriles is 1. The van der Waals surface area contributed by atoms with Crippen molar-refractivity contribution in [2.75, 3.05) is 24.6 Å². The maximum absolute atomic E-state index is 11.3. The van der Waals surface area contributed by atoms with Crippen LogP contribution in [0.2, 0.25) is 0 Å². The standard InChI is InChI=1S/C10H17N3O2S/c11-4-1-5-12-10(14)8-13-9-2-6-16(15)7-3-9/h9,13H,1-3,5-8H2,(H,12,14). The van der Waals surface area contributed by atoms with Crippen LogP contribution in [-0.4, -0.2) is 40.8 Å². The fourth-order valence-corrected chi connectivity index (χ4v) is 2.85. The Morgan fingerprint density at radius 1 is 1.44 bits per heavy atom. The molecule has 1 saturated heterocycles. The minimum absolute atomic E-state index is 0.0815. The first-order chi connectivity index (χ1) is 7.72. The smallest absolute Gasteiger partial charge is 0.233 e. The van der Waals surface area contributed by atoms with Gasteiger partial charge in [-0.1, -0.05) is 0 Å². The molecule has 1 aliphatic heterocycles. The van der Waals surface area contributed by atoms with Crippen molar-refractivity contribution in [2.24, 2.45) is 0 Å². The Bertz CT molecular complexity index is 291. The van der Waals surface area contributed by atoms with Gasteiger partial charge in [-0.15, -0.1) is 0 Å². The lowest BCUT2D eigenvalue weighted by atomic mass is 10.1. The SMILES string of the molecule is N#CCCNC(=O)CNC1CCS(=O)CC1. The summed E-state index contributed by atoms with van der Waals surface area (Å²) in [6.07, 6.45) is 2.09.